The minimum absolute atomic E-state index is 0.121. The average Bonchev–Trinajstić information content (AvgIpc) is 2.72. The van der Waals surface area contributed by atoms with Crippen LogP contribution >= 0.6 is 0 Å². The molecule has 1 amide bonds. The summed E-state index contributed by atoms with van der Waals surface area (Å²) in [6.45, 7) is 0.376. The first-order valence-corrected chi connectivity index (χ1v) is 8.86. The maximum absolute atomic E-state index is 13.3. The lowest BCUT2D eigenvalue weighted by atomic mass is 10.1. The third kappa shape index (κ3) is 2.57. The highest BCUT2D eigenvalue weighted by Crippen LogP contribution is 2.40. The fourth-order valence-electron chi connectivity index (χ4n) is 3.48. The van der Waals surface area contributed by atoms with Gasteiger partial charge in [-0.3, -0.25) is 9.69 Å². The summed E-state index contributed by atoms with van der Waals surface area (Å²) in [5.41, 5.74) is 2.50. The number of carbonyl (C=O) groups excluding carboxylic acids is 1. The second-order valence-corrected chi connectivity index (χ2v) is 6.58. The highest BCUT2D eigenvalue weighted by molar-refractivity contribution is 5.98. The molecule has 4 nitrogen and oxygen atoms in total. The molecular formula is C23H17NO3. The molecule has 4 heteroatoms. The van der Waals surface area contributed by atoms with Crippen LogP contribution in [0.4, 0.5) is 0 Å². The summed E-state index contributed by atoms with van der Waals surface area (Å²) >= 11 is 0. The van der Waals surface area contributed by atoms with Crippen LogP contribution in [0.15, 0.2) is 84.9 Å². The van der Waals surface area contributed by atoms with Gasteiger partial charge in [0.05, 0.1) is 12.1 Å². The third-order valence-corrected chi connectivity index (χ3v) is 4.83. The smallest absolute Gasteiger partial charge is 0.363 e. The van der Waals surface area contributed by atoms with E-state index in [2.05, 4.69) is 0 Å². The molecule has 0 saturated heterocycles. The fraction of sp³-hybridized carbons (Fsp3) is 0.0870. The van der Waals surface area contributed by atoms with Crippen molar-refractivity contribution >= 4 is 12.0 Å². The van der Waals surface area contributed by atoms with Gasteiger partial charge in [0.15, 0.2) is 0 Å². The van der Waals surface area contributed by atoms with Crippen LogP contribution < -0.4 is 9.47 Å². The van der Waals surface area contributed by atoms with Crippen LogP contribution in [0.1, 0.15) is 21.5 Å². The van der Waals surface area contributed by atoms with Gasteiger partial charge in [0.2, 0.25) is 0 Å². The van der Waals surface area contributed by atoms with E-state index in [1.54, 1.807) is 17.0 Å². The van der Waals surface area contributed by atoms with Crippen LogP contribution in [0.2, 0.25) is 0 Å². The van der Waals surface area contributed by atoms with Gasteiger partial charge < -0.3 is 9.47 Å². The van der Waals surface area contributed by atoms with Crippen LogP contribution in [0.25, 0.3) is 6.08 Å². The first-order chi connectivity index (χ1) is 13.3. The molecule has 0 unspecified atom stereocenters. The summed E-state index contributed by atoms with van der Waals surface area (Å²) < 4.78 is 12.5. The van der Waals surface area contributed by atoms with Gasteiger partial charge in [0, 0.05) is 11.6 Å². The number of rotatable bonds is 2. The Morgan fingerprint density at radius 1 is 0.778 bits per heavy atom. The van der Waals surface area contributed by atoms with E-state index in [9.17, 15) is 4.79 Å². The number of amides is 1. The lowest BCUT2D eigenvalue weighted by Crippen LogP contribution is -2.61. The van der Waals surface area contributed by atoms with E-state index in [0.717, 1.165) is 11.1 Å². The Kier molecular flexibility index (Phi) is 3.50. The van der Waals surface area contributed by atoms with Gasteiger partial charge in [0.25, 0.3) is 5.91 Å². The van der Waals surface area contributed by atoms with E-state index in [1.165, 1.54) is 0 Å². The van der Waals surface area contributed by atoms with Gasteiger partial charge in [-0.2, -0.15) is 0 Å². The van der Waals surface area contributed by atoms with Gasteiger partial charge in [-0.15, -0.1) is 0 Å². The van der Waals surface area contributed by atoms with Crippen molar-refractivity contribution in [2.75, 3.05) is 0 Å². The largest absolute Gasteiger partial charge is 0.431 e. The van der Waals surface area contributed by atoms with E-state index in [1.807, 2.05) is 78.9 Å². The number of hydrogen-bond acceptors (Lipinski definition) is 3. The SMILES string of the molecule is O=C1c2ccccc2O[C@@]2(C=Cc3ccccc3O2)N1Cc1ccccc1. The van der Waals surface area contributed by atoms with Crippen molar-refractivity contribution < 1.29 is 14.3 Å². The Morgan fingerprint density at radius 2 is 1.44 bits per heavy atom. The van der Waals surface area contributed by atoms with E-state index in [4.69, 9.17) is 9.47 Å². The molecule has 0 fully saturated rings. The summed E-state index contributed by atoms with van der Waals surface area (Å²) in [6.07, 6.45) is 3.75. The van der Waals surface area contributed by atoms with Crippen LogP contribution in [-0.2, 0) is 6.54 Å². The standard InChI is InChI=1S/C23H17NO3/c25-22-19-11-5-7-13-21(19)27-23(24(22)16-17-8-2-1-3-9-17)15-14-18-10-4-6-12-20(18)26-23/h1-15H,16H2/t23-/m0/s1. The van der Waals surface area contributed by atoms with Crippen LogP contribution in [0, 0.1) is 0 Å². The molecule has 0 saturated carbocycles. The molecule has 5 rings (SSSR count). The van der Waals surface area contributed by atoms with E-state index >= 15 is 0 Å². The molecule has 0 N–H and O–H groups in total. The van der Waals surface area contributed by atoms with Gasteiger partial charge in [0.1, 0.15) is 11.5 Å². The number of ether oxygens (including phenoxy) is 2. The van der Waals surface area contributed by atoms with Crippen LogP contribution in [-0.4, -0.2) is 16.7 Å². The quantitative estimate of drug-likeness (QED) is 0.680. The molecular weight excluding hydrogens is 338 g/mol. The number of fused-ring (bicyclic) bond motifs is 2. The monoisotopic (exact) mass is 355 g/mol. The minimum atomic E-state index is -1.31. The molecule has 0 aromatic heterocycles. The van der Waals surface area contributed by atoms with Gasteiger partial charge in [-0.1, -0.05) is 60.7 Å². The molecule has 27 heavy (non-hydrogen) atoms. The molecule has 1 spiro atoms. The second kappa shape index (κ2) is 6.02. The zero-order valence-corrected chi connectivity index (χ0v) is 14.5. The maximum Gasteiger partial charge on any atom is 0.363 e. The summed E-state index contributed by atoms with van der Waals surface area (Å²) in [5.74, 6) is -0.221. The Bertz CT molecular complexity index is 1040. The molecule has 1 atom stereocenters. The third-order valence-electron chi connectivity index (χ3n) is 4.83. The summed E-state index contributed by atoms with van der Waals surface area (Å²) in [5, 5.41) is 0. The number of para-hydroxylation sites is 2. The molecule has 0 radical (unpaired) electrons. The molecule has 2 aliphatic rings. The van der Waals surface area contributed by atoms with Crippen molar-refractivity contribution in [1.82, 2.24) is 4.90 Å². The Hall–Kier alpha value is -3.53. The number of benzene rings is 3. The number of hydrogen-bond donors (Lipinski definition) is 0. The summed E-state index contributed by atoms with van der Waals surface area (Å²) in [6, 6.07) is 24.8. The molecule has 2 heterocycles. The van der Waals surface area contributed by atoms with Gasteiger partial charge in [-0.25, -0.2) is 0 Å². The lowest BCUT2D eigenvalue weighted by Gasteiger charge is -2.45. The van der Waals surface area contributed by atoms with Gasteiger partial charge in [-0.05, 0) is 29.8 Å². The minimum Gasteiger partial charge on any atom is -0.431 e. The first-order valence-electron chi connectivity index (χ1n) is 8.86. The van der Waals surface area contributed by atoms with Gasteiger partial charge >= 0.3 is 5.91 Å². The highest BCUT2D eigenvalue weighted by Gasteiger charge is 2.49. The van der Waals surface area contributed by atoms with E-state index < -0.39 is 5.91 Å². The first kappa shape index (κ1) is 15.7. The van der Waals surface area contributed by atoms with Crippen molar-refractivity contribution in [3.63, 3.8) is 0 Å². The van der Waals surface area contributed by atoms with Crippen molar-refractivity contribution in [2.24, 2.45) is 0 Å². The lowest BCUT2D eigenvalue weighted by molar-refractivity contribution is -0.178. The molecule has 132 valence electrons. The number of carbonyl (C=O) groups is 1. The maximum atomic E-state index is 13.3. The number of nitrogens with zero attached hydrogens (tertiary/aromatic N) is 1. The second-order valence-electron chi connectivity index (χ2n) is 6.58. The Morgan fingerprint density at radius 3 is 2.30 bits per heavy atom. The highest BCUT2D eigenvalue weighted by atomic mass is 16.7. The molecule has 2 aliphatic heterocycles. The van der Waals surface area contributed by atoms with Crippen LogP contribution in [0.3, 0.4) is 0 Å². The zero-order valence-electron chi connectivity index (χ0n) is 14.5. The molecule has 0 aliphatic carbocycles. The predicted molar refractivity (Wildman–Crippen MR) is 102 cm³/mol. The predicted octanol–water partition coefficient (Wildman–Crippen LogP) is 4.48. The van der Waals surface area contributed by atoms with Crippen molar-refractivity contribution in [1.29, 1.82) is 0 Å². The summed E-state index contributed by atoms with van der Waals surface area (Å²) in [4.78, 5) is 15.0. The van der Waals surface area contributed by atoms with E-state index in [0.29, 0.717) is 23.6 Å². The van der Waals surface area contributed by atoms with Crippen molar-refractivity contribution in [3.05, 3.63) is 102 Å². The zero-order chi connectivity index (χ0) is 18.3. The molecule has 0 bridgehead atoms. The fourth-order valence-corrected chi connectivity index (χ4v) is 3.48. The topological polar surface area (TPSA) is 38.8 Å². The van der Waals surface area contributed by atoms with Crippen molar-refractivity contribution in [2.45, 2.75) is 12.5 Å². The van der Waals surface area contributed by atoms with Crippen molar-refractivity contribution in [3.8, 4) is 11.5 Å². The normalized spacial score (nSPS) is 19.9. The average molecular weight is 355 g/mol. The van der Waals surface area contributed by atoms with Crippen LogP contribution in [0.5, 0.6) is 11.5 Å². The Balaban J connectivity index is 1.62. The van der Waals surface area contributed by atoms with E-state index in [-0.39, 0.29) is 5.91 Å². The Labute approximate surface area is 157 Å². The molecule has 3 aromatic carbocycles. The molecule has 3 aromatic rings. The summed E-state index contributed by atoms with van der Waals surface area (Å²) in [7, 11) is 0.